The predicted octanol–water partition coefficient (Wildman–Crippen LogP) is 2.72. The van der Waals surface area contributed by atoms with Gasteiger partial charge in [0.2, 0.25) is 0 Å². The highest BCUT2D eigenvalue weighted by Gasteiger charge is 2.02. The Morgan fingerprint density at radius 3 is 2.53 bits per heavy atom. The van der Waals surface area contributed by atoms with E-state index in [-0.39, 0.29) is 0 Å². The molecule has 0 saturated carbocycles. The Morgan fingerprint density at radius 1 is 1.12 bits per heavy atom. The van der Waals surface area contributed by atoms with Gasteiger partial charge >= 0.3 is 0 Å². The highest BCUT2D eigenvalue weighted by molar-refractivity contribution is 5.56. The average Bonchev–Trinajstić information content (AvgIpc) is 2.38. The van der Waals surface area contributed by atoms with Crippen LogP contribution in [0.15, 0.2) is 48.5 Å². The number of nitriles is 1. The average molecular weight is 224 g/mol. The van der Waals surface area contributed by atoms with Crippen LogP contribution in [-0.4, -0.2) is 0 Å². The van der Waals surface area contributed by atoms with Crippen molar-refractivity contribution in [1.82, 2.24) is 0 Å². The van der Waals surface area contributed by atoms with Gasteiger partial charge in [-0.15, -0.1) is 0 Å². The fourth-order valence-corrected chi connectivity index (χ4v) is 1.48. The van der Waals surface area contributed by atoms with Crippen LogP contribution in [0.2, 0.25) is 0 Å². The van der Waals surface area contributed by atoms with Crippen molar-refractivity contribution < 1.29 is 4.74 Å². The summed E-state index contributed by atoms with van der Waals surface area (Å²) < 4.78 is 5.59. The molecule has 0 spiro atoms. The third-order valence-corrected chi connectivity index (χ3v) is 2.38. The minimum absolute atomic E-state index is 0.469. The summed E-state index contributed by atoms with van der Waals surface area (Å²) in [6.07, 6.45) is 0. The monoisotopic (exact) mass is 224 g/mol. The quantitative estimate of drug-likeness (QED) is 0.815. The van der Waals surface area contributed by atoms with E-state index in [1.807, 2.05) is 36.4 Å². The van der Waals surface area contributed by atoms with E-state index in [1.54, 1.807) is 18.2 Å². The van der Waals surface area contributed by atoms with Gasteiger partial charge in [0.15, 0.2) is 0 Å². The van der Waals surface area contributed by atoms with Gasteiger partial charge < -0.3 is 10.5 Å². The van der Waals surface area contributed by atoms with Crippen molar-refractivity contribution in [2.45, 2.75) is 6.61 Å². The Balaban J connectivity index is 2.08. The van der Waals surface area contributed by atoms with Crippen LogP contribution in [0.4, 0.5) is 5.69 Å². The van der Waals surface area contributed by atoms with E-state index in [4.69, 9.17) is 15.7 Å². The molecule has 0 aliphatic rings. The van der Waals surface area contributed by atoms with E-state index >= 15 is 0 Å². The van der Waals surface area contributed by atoms with Crippen LogP contribution in [0, 0.1) is 11.3 Å². The van der Waals surface area contributed by atoms with Crippen molar-refractivity contribution in [2.75, 3.05) is 5.73 Å². The van der Waals surface area contributed by atoms with E-state index in [2.05, 4.69) is 0 Å². The Kier molecular flexibility index (Phi) is 3.27. The van der Waals surface area contributed by atoms with Crippen LogP contribution in [-0.2, 0) is 6.61 Å². The lowest BCUT2D eigenvalue weighted by molar-refractivity contribution is 0.308. The van der Waals surface area contributed by atoms with Gasteiger partial charge in [-0.25, -0.2) is 0 Å². The second kappa shape index (κ2) is 5.04. The zero-order valence-electron chi connectivity index (χ0n) is 9.26. The summed E-state index contributed by atoms with van der Waals surface area (Å²) in [5.74, 6) is 0.604. The molecule has 0 radical (unpaired) electrons. The molecule has 0 aliphatic carbocycles. The van der Waals surface area contributed by atoms with Crippen LogP contribution < -0.4 is 10.5 Å². The number of nitrogens with zero attached hydrogens (tertiary/aromatic N) is 1. The van der Waals surface area contributed by atoms with Gasteiger partial charge in [0.25, 0.3) is 0 Å². The largest absolute Gasteiger partial charge is 0.487 e. The van der Waals surface area contributed by atoms with Gasteiger partial charge in [0.1, 0.15) is 12.4 Å². The van der Waals surface area contributed by atoms with Crippen LogP contribution in [0.1, 0.15) is 11.1 Å². The van der Waals surface area contributed by atoms with Crippen molar-refractivity contribution in [1.29, 1.82) is 5.26 Å². The van der Waals surface area contributed by atoms with Crippen LogP contribution in [0.3, 0.4) is 0 Å². The van der Waals surface area contributed by atoms with E-state index < -0.39 is 0 Å². The molecule has 0 aliphatic heterocycles. The summed E-state index contributed by atoms with van der Waals surface area (Å²) in [4.78, 5) is 0. The normalized spacial score (nSPS) is 9.59. The highest BCUT2D eigenvalue weighted by Crippen LogP contribution is 2.23. The number of hydrogen-bond acceptors (Lipinski definition) is 3. The molecule has 0 bridgehead atoms. The highest BCUT2D eigenvalue weighted by atomic mass is 16.5. The summed E-state index contributed by atoms with van der Waals surface area (Å²) in [7, 11) is 0. The third-order valence-electron chi connectivity index (χ3n) is 2.38. The number of rotatable bonds is 3. The molecule has 84 valence electrons. The van der Waals surface area contributed by atoms with Gasteiger partial charge in [-0.3, -0.25) is 0 Å². The number of nitrogens with two attached hydrogens (primary N) is 1. The first kappa shape index (κ1) is 11.0. The minimum Gasteiger partial charge on any atom is -0.487 e. The van der Waals surface area contributed by atoms with Gasteiger partial charge in [-0.2, -0.15) is 5.26 Å². The number of ether oxygens (including phenoxy) is 1. The van der Waals surface area contributed by atoms with E-state index in [0.717, 1.165) is 5.56 Å². The smallest absolute Gasteiger partial charge is 0.142 e. The van der Waals surface area contributed by atoms with E-state index in [9.17, 15) is 0 Å². The Bertz CT molecular complexity index is 544. The maximum atomic E-state index is 8.71. The van der Waals surface area contributed by atoms with E-state index in [1.165, 1.54) is 0 Å². The Hall–Kier alpha value is -2.47. The summed E-state index contributed by atoms with van der Waals surface area (Å²) in [5, 5.41) is 8.71. The molecule has 3 heteroatoms. The zero-order chi connectivity index (χ0) is 12.1. The maximum absolute atomic E-state index is 8.71. The molecule has 2 aromatic carbocycles. The lowest BCUT2D eigenvalue weighted by Gasteiger charge is -2.08. The number of anilines is 1. The number of nitrogen functional groups attached to an aromatic ring is 1. The lowest BCUT2D eigenvalue weighted by Crippen LogP contribution is -1.98. The standard InChI is InChI=1S/C14H12N2O/c15-9-12-6-7-14(13(16)8-12)17-10-11-4-2-1-3-5-11/h1-8H,10,16H2. The molecule has 17 heavy (non-hydrogen) atoms. The first-order valence-corrected chi connectivity index (χ1v) is 5.26. The molecule has 0 amide bonds. The van der Waals surface area contributed by atoms with Crippen molar-refractivity contribution >= 4 is 5.69 Å². The Morgan fingerprint density at radius 2 is 1.88 bits per heavy atom. The van der Waals surface area contributed by atoms with Crippen molar-refractivity contribution in [3.63, 3.8) is 0 Å². The first-order valence-electron chi connectivity index (χ1n) is 5.26. The molecule has 0 aromatic heterocycles. The SMILES string of the molecule is N#Cc1ccc(OCc2ccccc2)c(N)c1. The summed E-state index contributed by atoms with van der Waals surface area (Å²) in [6, 6.07) is 16.9. The molecule has 0 saturated heterocycles. The Labute approximate surface area is 100 Å². The van der Waals surface area contributed by atoms with Gasteiger partial charge in [0.05, 0.1) is 17.3 Å². The van der Waals surface area contributed by atoms with Crippen LogP contribution in [0.5, 0.6) is 5.75 Å². The zero-order valence-corrected chi connectivity index (χ0v) is 9.26. The molecule has 0 heterocycles. The summed E-state index contributed by atoms with van der Waals surface area (Å²) in [5.41, 5.74) is 7.89. The van der Waals surface area contributed by atoms with Gasteiger partial charge in [0, 0.05) is 0 Å². The van der Waals surface area contributed by atoms with Crippen LogP contribution >= 0.6 is 0 Å². The molecule has 2 N–H and O–H groups in total. The molecule has 3 nitrogen and oxygen atoms in total. The lowest BCUT2D eigenvalue weighted by atomic mass is 10.2. The van der Waals surface area contributed by atoms with E-state index in [0.29, 0.717) is 23.6 Å². The molecule has 2 aromatic rings. The number of benzene rings is 2. The maximum Gasteiger partial charge on any atom is 0.142 e. The summed E-state index contributed by atoms with van der Waals surface area (Å²) in [6.45, 7) is 0.469. The molecular formula is C14H12N2O. The van der Waals surface area contributed by atoms with Crippen molar-refractivity contribution in [3.8, 4) is 11.8 Å². The van der Waals surface area contributed by atoms with Gasteiger partial charge in [-0.05, 0) is 23.8 Å². The van der Waals surface area contributed by atoms with Crippen LogP contribution in [0.25, 0.3) is 0 Å². The van der Waals surface area contributed by atoms with Gasteiger partial charge in [-0.1, -0.05) is 30.3 Å². The number of hydrogen-bond donors (Lipinski definition) is 1. The van der Waals surface area contributed by atoms with Crippen molar-refractivity contribution in [3.05, 3.63) is 59.7 Å². The van der Waals surface area contributed by atoms with Crippen molar-refractivity contribution in [2.24, 2.45) is 0 Å². The first-order chi connectivity index (χ1) is 8.29. The molecule has 2 rings (SSSR count). The third kappa shape index (κ3) is 2.76. The fraction of sp³-hybridized carbons (Fsp3) is 0.0714. The minimum atomic E-state index is 0.469. The second-order valence-corrected chi connectivity index (χ2v) is 3.64. The topological polar surface area (TPSA) is 59.0 Å². The predicted molar refractivity (Wildman–Crippen MR) is 66.3 cm³/mol. The molecular weight excluding hydrogens is 212 g/mol. The molecule has 0 atom stereocenters. The molecule has 0 unspecified atom stereocenters. The second-order valence-electron chi connectivity index (χ2n) is 3.64. The summed E-state index contributed by atoms with van der Waals surface area (Å²) >= 11 is 0. The molecule has 0 fully saturated rings. The fourth-order valence-electron chi connectivity index (χ4n) is 1.48.